The summed E-state index contributed by atoms with van der Waals surface area (Å²) in [5, 5.41) is 17.3. The lowest BCUT2D eigenvalue weighted by molar-refractivity contribution is -0.384. The highest BCUT2D eigenvalue weighted by atomic mass is 35.5. The fourth-order valence-corrected chi connectivity index (χ4v) is 3.85. The van der Waals surface area contributed by atoms with Crippen LogP contribution in [0.1, 0.15) is 12.5 Å². The first kappa shape index (κ1) is 22.3. The molecule has 0 aliphatic carbocycles. The molecular formula is C25H17ClN4O5. The van der Waals surface area contributed by atoms with Gasteiger partial charge in [0, 0.05) is 28.1 Å². The van der Waals surface area contributed by atoms with Gasteiger partial charge in [-0.1, -0.05) is 23.7 Å². The molecule has 0 N–H and O–H groups in total. The largest absolute Gasteiger partial charge is 0.493 e. The lowest BCUT2D eigenvalue weighted by Gasteiger charge is -2.09. The number of ether oxygens (including phenoxy) is 1. The van der Waals surface area contributed by atoms with E-state index in [1.165, 1.54) is 24.4 Å². The first-order valence-electron chi connectivity index (χ1n) is 10.6. The van der Waals surface area contributed by atoms with Gasteiger partial charge in [0.15, 0.2) is 5.76 Å². The number of para-hydroxylation sites is 1. The van der Waals surface area contributed by atoms with Crippen molar-refractivity contribution in [3.8, 4) is 17.3 Å². The number of halogens is 1. The molecule has 0 atom stereocenters. The number of rotatable bonds is 6. The number of fused-ring (bicyclic) bond motifs is 2. The SMILES string of the molecule is CCOc1ccc([N+](=O)[O-])cc1C=Nn1c(-c2cc3cc(Cl)ccc3o2)nc2ccccc2c1=O. The van der Waals surface area contributed by atoms with E-state index in [4.69, 9.17) is 20.8 Å². The molecule has 5 rings (SSSR count). The van der Waals surface area contributed by atoms with Gasteiger partial charge in [-0.05, 0) is 49.4 Å². The molecule has 35 heavy (non-hydrogen) atoms. The fraction of sp³-hybridized carbons (Fsp3) is 0.0800. The molecule has 0 aliphatic rings. The Labute approximate surface area is 203 Å². The van der Waals surface area contributed by atoms with E-state index in [2.05, 4.69) is 10.1 Å². The quantitative estimate of drug-likeness (QED) is 0.173. The van der Waals surface area contributed by atoms with Crippen LogP contribution in [0.5, 0.6) is 5.75 Å². The third kappa shape index (κ3) is 4.24. The molecule has 0 spiro atoms. The van der Waals surface area contributed by atoms with Crippen molar-refractivity contribution in [3.63, 3.8) is 0 Å². The second-order valence-corrected chi connectivity index (χ2v) is 7.96. The maximum atomic E-state index is 13.4. The normalized spacial score (nSPS) is 11.5. The smallest absolute Gasteiger partial charge is 0.282 e. The summed E-state index contributed by atoms with van der Waals surface area (Å²) < 4.78 is 12.6. The van der Waals surface area contributed by atoms with E-state index in [0.29, 0.717) is 45.2 Å². The number of nitro groups is 1. The van der Waals surface area contributed by atoms with Crippen molar-refractivity contribution in [2.45, 2.75) is 6.92 Å². The first-order valence-corrected chi connectivity index (χ1v) is 11.0. The van der Waals surface area contributed by atoms with Crippen molar-refractivity contribution in [2.24, 2.45) is 5.10 Å². The topological polar surface area (TPSA) is 113 Å². The van der Waals surface area contributed by atoms with Gasteiger partial charge in [-0.3, -0.25) is 14.9 Å². The van der Waals surface area contributed by atoms with Gasteiger partial charge >= 0.3 is 0 Å². The van der Waals surface area contributed by atoms with Gasteiger partial charge in [0.2, 0.25) is 5.82 Å². The number of aromatic nitrogens is 2. The van der Waals surface area contributed by atoms with Gasteiger partial charge in [-0.2, -0.15) is 9.78 Å². The Hall–Kier alpha value is -4.50. The number of nitro benzene ring substituents is 1. The molecule has 2 heterocycles. The second kappa shape index (κ2) is 9.03. The standard InChI is InChI=1S/C25H17ClN4O5/c1-2-34-21-10-8-18(30(32)33)12-16(21)14-27-29-24(28-20-6-4-3-5-19(20)25(29)31)23-13-15-11-17(26)7-9-22(15)35-23/h3-14H,2H2,1H3. The van der Waals surface area contributed by atoms with Gasteiger partial charge in [-0.25, -0.2) is 4.98 Å². The number of hydrogen-bond acceptors (Lipinski definition) is 7. The highest BCUT2D eigenvalue weighted by Gasteiger charge is 2.17. The molecule has 174 valence electrons. The van der Waals surface area contributed by atoms with Gasteiger partial charge in [0.1, 0.15) is 11.3 Å². The summed E-state index contributed by atoms with van der Waals surface area (Å²) in [4.78, 5) is 28.8. The summed E-state index contributed by atoms with van der Waals surface area (Å²) in [6.07, 6.45) is 1.33. The number of furan rings is 1. The number of hydrogen-bond donors (Lipinski definition) is 0. The van der Waals surface area contributed by atoms with E-state index in [1.807, 2.05) is 0 Å². The molecule has 9 nitrogen and oxygen atoms in total. The van der Waals surface area contributed by atoms with Crippen molar-refractivity contribution in [3.05, 3.63) is 97.8 Å². The van der Waals surface area contributed by atoms with Gasteiger partial charge in [-0.15, -0.1) is 0 Å². The zero-order valence-corrected chi connectivity index (χ0v) is 19.1. The summed E-state index contributed by atoms with van der Waals surface area (Å²) in [6.45, 7) is 2.15. The molecular weight excluding hydrogens is 472 g/mol. The van der Waals surface area contributed by atoms with Crippen molar-refractivity contribution in [1.29, 1.82) is 0 Å². The molecule has 0 amide bonds. The summed E-state index contributed by atoms with van der Waals surface area (Å²) in [5.41, 5.74) is 0.822. The fourth-order valence-electron chi connectivity index (χ4n) is 3.67. The minimum Gasteiger partial charge on any atom is -0.493 e. The number of benzene rings is 3. The zero-order chi connectivity index (χ0) is 24.5. The molecule has 3 aromatic carbocycles. The van der Waals surface area contributed by atoms with Crippen LogP contribution in [0.3, 0.4) is 0 Å². The van der Waals surface area contributed by atoms with Crippen LogP contribution in [0.25, 0.3) is 33.5 Å². The van der Waals surface area contributed by atoms with Crippen LogP contribution in [0.2, 0.25) is 5.02 Å². The van der Waals surface area contributed by atoms with Crippen LogP contribution in [-0.2, 0) is 0 Å². The summed E-state index contributed by atoms with van der Waals surface area (Å²) in [6, 6.07) is 18.0. The van der Waals surface area contributed by atoms with E-state index >= 15 is 0 Å². The minimum absolute atomic E-state index is 0.131. The maximum absolute atomic E-state index is 13.4. The summed E-state index contributed by atoms with van der Waals surface area (Å²) >= 11 is 6.11. The Kier molecular flexibility index (Phi) is 5.76. The third-order valence-electron chi connectivity index (χ3n) is 5.27. The molecule has 0 saturated heterocycles. The predicted molar refractivity (Wildman–Crippen MR) is 133 cm³/mol. The molecule has 0 unspecified atom stereocenters. The Bertz CT molecular complexity index is 1690. The maximum Gasteiger partial charge on any atom is 0.282 e. The average molecular weight is 489 g/mol. The van der Waals surface area contributed by atoms with Crippen LogP contribution in [0.15, 0.2) is 81.0 Å². The minimum atomic E-state index is -0.512. The van der Waals surface area contributed by atoms with E-state index in [1.54, 1.807) is 55.5 Å². The van der Waals surface area contributed by atoms with Crippen molar-refractivity contribution >= 4 is 45.4 Å². The average Bonchev–Trinajstić information content (AvgIpc) is 3.27. The van der Waals surface area contributed by atoms with Crippen LogP contribution >= 0.6 is 11.6 Å². The van der Waals surface area contributed by atoms with Crippen LogP contribution in [0.4, 0.5) is 5.69 Å². The Morgan fingerprint density at radius 3 is 2.80 bits per heavy atom. The molecule has 0 saturated carbocycles. The third-order valence-corrected chi connectivity index (χ3v) is 5.50. The summed E-state index contributed by atoms with van der Waals surface area (Å²) in [7, 11) is 0. The van der Waals surface area contributed by atoms with E-state index in [-0.39, 0.29) is 11.5 Å². The molecule has 0 radical (unpaired) electrons. The van der Waals surface area contributed by atoms with Crippen LogP contribution in [-0.4, -0.2) is 27.4 Å². The van der Waals surface area contributed by atoms with Gasteiger partial charge in [0.25, 0.3) is 11.2 Å². The van der Waals surface area contributed by atoms with Crippen LogP contribution in [0, 0.1) is 10.1 Å². The molecule has 0 fully saturated rings. The molecule has 5 aromatic rings. The van der Waals surface area contributed by atoms with Crippen molar-refractivity contribution in [1.82, 2.24) is 9.66 Å². The molecule has 0 aliphatic heterocycles. The van der Waals surface area contributed by atoms with Crippen molar-refractivity contribution < 1.29 is 14.1 Å². The van der Waals surface area contributed by atoms with Crippen LogP contribution < -0.4 is 10.3 Å². The summed E-state index contributed by atoms with van der Waals surface area (Å²) in [5.74, 6) is 0.871. The predicted octanol–water partition coefficient (Wildman–Crippen LogP) is 5.65. The van der Waals surface area contributed by atoms with Crippen molar-refractivity contribution in [2.75, 3.05) is 6.61 Å². The number of nitrogens with zero attached hydrogens (tertiary/aromatic N) is 4. The monoisotopic (exact) mass is 488 g/mol. The van der Waals surface area contributed by atoms with Gasteiger partial charge < -0.3 is 9.15 Å². The highest BCUT2D eigenvalue weighted by Crippen LogP contribution is 2.29. The Morgan fingerprint density at radius 1 is 1.17 bits per heavy atom. The lowest BCUT2D eigenvalue weighted by Crippen LogP contribution is -2.20. The first-order chi connectivity index (χ1) is 16.9. The Morgan fingerprint density at radius 2 is 2.00 bits per heavy atom. The molecule has 2 aromatic heterocycles. The lowest BCUT2D eigenvalue weighted by atomic mass is 10.2. The molecule has 0 bridgehead atoms. The second-order valence-electron chi connectivity index (χ2n) is 7.52. The van der Waals surface area contributed by atoms with E-state index in [0.717, 1.165) is 10.1 Å². The Balaban J connectivity index is 1.72. The van der Waals surface area contributed by atoms with E-state index < -0.39 is 10.5 Å². The zero-order valence-electron chi connectivity index (χ0n) is 18.3. The van der Waals surface area contributed by atoms with Gasteiger partial charge in [0.05, 0.1) is 28.6 Å². The van der Waals surface area contributed by atoms with E-state index in [9.17, 15) is 14.9 Å². The molecule has 10 heteroatoms. The highest BCUT2D eigenvalue weighted by molar-refractivity contribution is 6.31. The number of non-ortho nitro benzene ring substituents is 1.